The Morgan fingerprint density at radius 2 is 2.00 bits per heavy atom. The first-order valence-electron chi connectivity index (χ1n) is 8.48. The lowest BCUT2D eigenvalue weighted by Gasteiger charge is -2.34. The van der Waals surface area contributed by atoms with E-state index < -0.39 is 0 Å². The van der Waals surface area contributed by atoms with Crippen molar-refractivity contribution in [2.45, 2.75) is 44.2 Å². The zero-order chi connectivity index (χ0) is 16.5. The molecule has 2 aliphatic rings. The molecule has 3 atom stereocenters. The molecule has 0 unspecified atom stereocenters. The molecule has 6 nitrogen and oxygen atoms in total. The second-order valence-corrected chi connectivity index (χ2v) is 7.40. The van der Waals surface area contributed by atoms with Gasteiger partial charge in [-0.15, -0.1) is 11.3 Å². The summed E-state index contributed by atoms with van der Waals surface area (Å²) in [5.41, 5.74) is 0. The van der Waals surface area contributed by atoms with E-state index in [-0.39, 0.29) is 11.9 Å². The van der Waals surface area contributed by atoms with Crippen LogP contribution < -0.4 is 9.80 Å². The van der Waals surface area contributed by atoms with Gasteiger partial charge in [0.2, 0.25) is 5.95 Å². The van der Waals surface area contributed by atoms with Crippen molar-refractivity contribution in [2.24, 2.45) is 5.92 Å². The molecule has 7 heteroatoms. The van der Waals surface area contributed by atoms with Gasteiger partial charge in [-0.05, 0) is 31.2 Å². The number of anilines is 2. The summed E-state index contributed by atoms with van der Waals surface area (Å²) in [5, 5.41) is 2.63. The Hall–Kier alpha value is -2.02. The minimum Gasteiger partial charge on any atom is -0.326 e. The average molecular weight is 343 g/mol. The van der Waals surface area contributed by atoms with E-state index in [9.17, 15) is 4.79 Å². The molecular formula is C17H21N5OS. The standard InChI is InChI=1S/C17H21N5OS/c1-21(17-20-9-10-24-17)15(23)14-11-12-5-2-3-6-13(12)22(14)16-18-7-4-8-19-16/h4,7-10,12-14H,2-3,5-6,11H2,1H3/t12-,13+,14-/m0/s1. The Morgan fingerprint density at radius 1 is 1.21 bits per heavy atom. The smallest absolute Gasteiger partial charge is 0.251 e. The number of hydrogen-bond acceptors (Lipinski definition) is 6. The van der Waals surface area contributed by atoms with Crippen LogP contribution in [0.4, 0.5) is 11.1 Å². The molecule has 1 aliphatic carbocycles. The summed E-state index contributed by atoms with van der Waals surface area (Å²) in [6.07, 6.45) is 10.9. The molecule has 1 saturated heterocycles. The van der Waals surface area contributed by atoms with Gasteiger partial charge in [0.05, 0.1) is 0 Å². The van der Waals surface area contributed by atoms with Gasteiger partial charge in [-0.3, -0.25) is 9.69 Å². The number of nitrogens with zero attached hydrogens (tertiary/aromatic N) is 5. The summed E-state index contributed by atoms with van der Waals surface area (Å²) < 4.78 is 0. The number of amides is 1. The topological polar surface area (TPSA) is 62.2 Å². The largest absolute Gasteiger partial charge is 0.326 e. The Bertz CT molecular complexity index is 692. The van der Waals surface area contributed by atoms with Crippen molar-refractivity contribution in [3.05, 3.63) is 30.0 Å². The third-order valence-electron chi connectivity index (χ3n) is 5.19. The Labute approximate surface area is 145 Å². The Morgan fingerprint density at radius 3 is 2.75 bits per heavy atom. The predicted octanol–water partition coefficient (Wildman–Crippen LogP) is 2.73. The molecule has 4 rings (SSSR count). The predicted molar refractivity (Wildman–Crippen MR) is 94.2 cm³/mol. The quantitative estimate of drug-likeness (QED) is 0.857. The molecule has 1 aliphatic heterocycles. The van der Waals surface area contributed by atoms with E-state index >= 15 is 0 Å². The van der Waals surface area contributed by atoms with Gasteiger partial charge in [-0.25, -0.2) is 15.0 Å². The zero-order valence-corrected chi connectivity index (χ0v) is 14.5. The minimum atomic E-state index is -0.200. The van der Waals surface area contributed by atoms with Crippen LogP contribution >= 0.6 is 11.3 Å². The van der Waals surface area contributed by atoms with E-state index in [0.717, 1.165) is 18.0 Å². The number of fused-ring (bicyclic) bond motifs is 1. The Kier molecular flexibility index (Phi) is 4.18. The van der Waals surface area contributed by atoms with Crippen LogP contribution in [0.2, 0.25) is 0 Å². The summed E-state index contributed by atoms with van der Waals surface area (Å²) in [6.45, 7) is 0. The summed E-state index contributed by atoms with van der Waals surface area (Å²) in [4.78, 5) is 30.2. The lowest BCUT2D eigenvalue weighted by atomic mass is 9.85. The highest BCUT2D eigenvalue weighted by molar-refractivity contribution is 7.13. The molecule has 0 bridgehead atoms. The first-order valence-corrected chi connectivity index (χ1v) is 9.36. The summed E-state index contributed by atoms with van der Waals surface area (Å²) >= 11 is 1.48. The van der Waals surface area contributed by atoms with Crippen molar-refractivity contribution in [3.63, 3.8) is 0 Å². The van der Waals surface area contributed by atoms with Gasteiger partial charge in [-0.1, -0.05) is 12.8 Å². The van der Waals surface area contributed by atoms with Crippen LogP contribution in [-0.2, 0) is 4.79 Å². The number of rotatable bonds is 3. The van der Waals surface area contributed by atoms with E-state index in [0.29, 0.717) is 17.9 Å². The zero-order valence-electron chi connectivity index (χ0n) is 13.7. The lowest BCUT2D eigenvalue weighted by Crippen LogP contribution is -2.48. The van der Waals surface area contributed by atoms with Crippen molar-refractivity contribution in [3.8, 4) is 0 Å². The number of aromatic nitrogens is 3. The monoisotopic (exact) mass is 343 g/mol. The molecular weight excluding hydrogens is 322 g/mol. The number of carbonyl (C=O) groups excluding carboxylic acids is 1. The molecule has 0 spiro atoms. The summed E-state index contributed by atoms with van der Waals surface area (Å²) in [6, 6.07) is 1.99. The van der Waals surface area contributed by atoms with Crippen LogP contribution in [0, 0.1) is 5.92 Å². The van der Waals surface area contributed by atoms with Gasteiger partial charge < -0.3 is 4.90 Å². The SMILES string of the molecule is CN(C(=O)[C@@H]1C[C@@H]2CCCC[C@H]2N1c1ncccn1)c1nccs1. The molecule has 2 aromatic rings. The van der Waals surface area contributed by atoms with Crippen LogP contribution in [0.15, 0.2) is 30.0 Å². The summed E-state index contributed by atoms with van der Waals surface area (Å²) in [5.74, 6) is 1.32. The van der Waals surface area contributed by atoms with E-state index in [2.05, 4.69) is 19.9 Å². The van der Waals surface area contributed by atoms with Gasteiger partial charge in [0.25, 0.3) is 5.91 Å². The van der Waals surface area contributed by atoms with Gasteiger partial charge in [-0.2, -0.15) is 0 Å². The average Bonchev–Trinajstić information content (AvgIpc) is 3.29. The van der Waals surface area contributed by atoms with E-state index in [1.54, 1.807) is 23.5 Å². The molecule has 1 saturated carbocycles. The van der Waals surface area contributed by atoms with Gasteiger partial charge >= 0.3 is 0 Å². The summed E-state index contributed by atoms with van der Waals surface area (Å²) in [7, 11) is 1.81. The van der Waals surface area contributed by atoms with Gasteiger partial charge in [0, 0.05) is 37.1 Å². The van der Waals surface area contributed by atoms with Gasteiger partial charge in [0.1, 0.15) is 6.04 Å². The fourth-order valence-corrected chi connectivity index (χ4v) is 4.71. The number of carbonyl (C=O) groups is 1. The number of hydrogen-bond donors (Lipinski definition) is 0. The third kappa shape index (κ3) is 2.66. The maximum atomic E-state index is 13.2. The second-order valence-electron chi connectivity index (χ2n) is 6.53. The van der Waals surface area contributed by atoms with Crippen molar-refractivity contribution >= 4 is 28.3 Å². The molecule has 0 radical (unpaired) electrons. The lowest BCUT2D eigenvalue weighted by molar-refractivity contribution is -0.119. The first kappa shape index (κ1) is 15.5. The molecule has 3 heterocycles. The third-order valence-corrected chi connectivity index (χ3v) is 6.04. The molecule has 1 amide bonds. The molecule has 24 heavy (non-hydrogen) atoms. The van der Waals surface area contributed by atoms with Crippen LogP contribution in [0.25, 0.3) is 0 Å². The van der Waals surface area contributed by atoms with E-state index in [1.807, 2.05) is 18.5 Å². The van der Waals surface area contributed by atoms with Crippen molar-refractivity contribution in [1.82, 2.24) is 15.0 Å². The van der Waals surface area contributed by atoms with Crippen molar-refractivity contribution < 1.29 is 4.79 Å². The van der Waals surface area contributed by atoms with Crippen molar-refractivity contribution in [1.29, 1.82) is 0 Å². The maximum Gasteiger partial charge on any atom is 0.251 e. The number of thiazole rings is 1. The fourth-order valence-electron chi connectivity index (χ4n) is 4.09. The van der Waals surface area contributed by atoms with Crippen LogP contribution in [0.3, 0.4) is 0 Å². The first-order chi connectivity index (χ1) is 11.8. The van der Waals surface area contributed by atoms with Crippen molar-refractivity contribution in [2.75, 3.05) is 16.8 Å². The molecule has 0 N–H and O–H groups in total. The fraction of sp³-hybridized carbons (Fsp3) is 0.529. The molecule has 2 aromatic heterocycles. The normalized spacial score (nSPS) is 26.2. The Balaban J connectivity index is 1.65. The van der Waals surface area contributed by atoms with Crippen LogP contribution in [0.1, 0.15) is 32.1 Å². The maximum absolute atomic E-state index is 13.2. The highest BCUT2D eigenvalue weighted by Crippen LogP contribution is 2.41. The van der Waals surface area contributed by atoms with E-state index in [1.165, 1.54) is 30.6 Å². The molecule has 126 valence electrons. The minimum absolute atomic E-state index is 0.0896. The molecule has 2 fully saturated rings. The second kappa shape index (κ2) is 6.47. The van der Waals surface area contributed by atoms with Crippen LogP contribution in [0.5, 0.6) is 0 Å². The van der Waals surface area contributed by atoms with Gasteiger partial charge in [0.15, 0.2) is 5.13 Å². The highest BCUT2D eigenvalue weighted by Gasteiger charge is 2.47. The van der Waals surface area contributed by atoms with Crippen LogP contribution in [-0.4, -0.2) is 40.0 Å². The molecule has 0 aromatic carbocycles. The van der Waals surface area contributed by atoms with E-state index in [4.69, 9.17) is 0 Å². The highest BCUT2D eigenvalue weighted by atomic mass is 32.1. The number of likely N-dealkylation sites (N-methyl/N-ethyl adjacent to an activating group) is 1.